The van der Waals surface area contributed by atoms with Crippen LogP contribution in [0, 0.1) is 23.3 Å². The number of rotatable bonds is 2. The van der Waals surface area contributed by atoms with Crippen molar-refractivity contribution in [3.63, 3.8) is 0 Å². The molecule has 0 aliphatic rings. The van der Waals surface area contributed by atoms with Crippen molar-refractivity contribution in [2.75, 3.05) is 11.1 Å². The fourth-order valence-electron chi connectivity index (χ4n) is 2.19. The molecule has 0 aromatic heterocycles. The lowest BCUT2D eigenvalue weighted by Gasteiger charge is -2.05. The van der Waals surface area contributed by atoms with Gasteiger partial charge in [-0.15, -0.1) is 0 Å². The van der Waals surface area contributed by atoms with E-state index >= 15 is 0 Å². The highest BCUT2D eigenvalue weighted by Gasteiger charge is 2.02. The summed E-state index contributed by atoms with van der Waals surface area (Å²) in [6.07, 6.45) is 0. The topological polar surface area (TPSA) is 38.0 Å². The van der Waals surface area contributed by atoms with E-state index in [1.54, 1.807) is 0 Å². The van der Waals surface area contributed by atoms with Gasteiger partial charge >= 0.3 is 0 Å². The third-order valence-corrected chi connectivity index (χ3v) is 4.19. The average molecular weight is 539 g/mol. The van der Waals surface area contributed by atoms with Crippen LogP contribution in [0.4, 0.5) is 34.6 Å². The monoisotopic (exact) mass is 538 g/mol. The lowest BCUT2D eigenvalue weighted by molar-refractivity contribution is 0.509. The Bertz CT molecular complexity index is 1080. The van der Waals surface area contributed by atoms with E-state index in [0.29, 0.717) is 5.69 Å². The SMILES string of the molecule is Brc1ccccc1.C.C.C.Fc1ccc(Nc2ccccc2)cc1F.Nc1ccc(F)c(F)c1. The summed E-state index contributed by atoms with van der Waals surface area (Å²) in [6.45, 7) is 0. The Morgan fingerprint density at radius 2 is 1.00 bits per heavy atom. The van der Waals surface area contributed by atoms with Gasteiger partial charge in [-0.25, -0.2) is 17.6 Å². The number of nitrogens with one attached hydrogen (secondary N) is 1. The van der Waals surface area contributed by atoms with E-state index in [1.807, 2.05) is 60.7 Å². The molecule has 7 heteroatoms. The lowest BCUT2D eigenvalue weighted by Crippen LogP contribution is -1.92. The van der Waals surface area contributed by atoms with Gasteiger partial charge in [0.2, 0.25) is 0 Å². The highest BCUT2D eigenvalue weighted by atomic mass is 79.9. The van der Waals surface area contributed by atoms with Crippen molar-refractivity contribution < 1.29 is 17.6 Å². The van der Waals surface area contributed by atoms with Crippen molar-refractivity contribution in [2.45, 2.75) is 22.3 Å². The normalized spacial score (nSPS) is 8.74. The summed E-state index contributed by atoms with van der Waals surface area (Å²) < 4.78 is 50.8. The molecule has 184 valence electrons. The Morgan fingerprint density at radius 1 is 0.529 bits per heavy atom. The Kier molecular flexibility index (Phi) is 16.6. The summed E-state index contributed by atoms with van der Waals surface area (Å²) in [4.78, 5) is 0. The maximum atomic E-state index is 12.9. The largest absolute Gasteiger partial charge is 0.399 e. The molecule has 2 nitrogen and oxygen atoms in total. The molecule has 0 atom stereocenters. The maximum absolute atomic E-state index is 12.9. The zero-order valence-corrected chi connectivity index (χ0v) is 17.8. The van der Waals surface area contributed by atoms with Crippen LogP contribution in [0.2, 0.25) is 0 Å². The van der Waals surface area contributed by atoms with Gasteiger partial charge in [-0.3, -0.25) is 0 Å². The Morgan fingerprint density at radius 3 is 1.41 bits per heavy atom. The van der Waals surface area contributed by atoms with Crippen LogP contribution in [0.1, 0.15) is 22.3 Å². The van der Waals surface area contributed by atoms with Gasteiger partial charge in [0, 0.05) is 27.6 Å². The van der Waals surface area contributed by atoms with Crippen LogP contribution in [-0.4, -0.2) is 0 Å². The van der Waals surface area contributed by atoms with Crippen molar-refractivity contribution in [1.82, 2.24) is 0 Å². The van der Waals surface area contributed by atoms with Gasteiger partial charge in [-0.2, -0.15) is 0 Å². The van der Waals surface area contributed by atoms with Crippen molar-refractivity contribution >= 4 is 33.0 Å². The first kappa shape index (κ1) is 32.9. The Balaban J connectivity index is 0. The number of hydrogen-bond donors (Lipinski definition) is 2. The van der Waals surface area contributed by atoms with Gasteiger partial charge in [0.15, 0.2) is 23.3 Å². The molecule has 0 bridgehead atoms. The highest BCUT2D eigenvalue weighted by molar-refractivity contribution is 9.10. The highest BCUT2D eigenvalue weighted by Crippen LogP contribution is 2.18. The number of halogens is 5. The molecule has 0 radical (unpaired) electrons. The van der Waals surface area contributed by atoms with E-state index in [9.17, 15) is 17.6 Å². The molecule has 0 spiro atoms. The van der Waals surface area contributed by atoms with E-state index in [2.05, 4.69) is 21.2 Å². The van der Waals surface area contributed by atoms with Gasteiger partial charge < -0.3 is 11.1 Å². The fourth-order valence-corrected chi connectivity index (χ4v) is 2.49. The van der Waals surface area contributed by atoms with Crippen molar-refractivity contribution in [3.8, 4) is 0 Å². The van der Waals surface area contributed by atoms with Crippen LogP contribution in [0.5, 0.6) is 0 Å². The van der Waals surface area contributed by atoms with Crippen molar-refractivity contribution in [3.05, 3.63) is 125 Å². The van der Waals surface area contributed by atoms with Crippen LogP contribution >= 0.6 is 15.9 Å². The zero-order chi connectivity index (χ0) is 22.6. The molecule has 0 heterocycles. The number of nitrogen functional groups attached to an aromatic ring is 1. The van der Waals surface area contributed by atoms with Gasteiger partial charge in [-0.05, 0) is 54.6 Å². The molecule has 0 saturated heterocycles. The van der Waals surface area contributed by atoms with Gasteiger partial charge in [0.1, 0.15) is 0 Å². The quantitative estimate of drug-likeness (QED) is 0.197. The van der Waals surface area contributed by atoms with E-state index in [0.717, 1.165) is 34.4 Å². The Labute approximate surface area is 208 Å². The Hall–Kier alpha value is -3.32. The van der Waals surface area contributed by atoms with Crippen LogP contribution in [0.25, 0.3) is 0 Å². The number of benzene rings is 4. The van der Waals surface area contributed by atoms with Crippen molar-refractivity contribution in [2.24, 2.45) is 0 Å². The molecule has 34 heavy (non-hydrogen) atoms. The van der Waals surface area contributed by atoms with Crippen LogP contribution < -0.4 is 11.1 Å². The summed E-state index contributed by atoms with van der Waals surface area (Å²) in [7, 11) is 0. The minimum Gasteiger partial charge on any atom is -0.399 e. The van der Waals surface area contributed by atoms with Gasteiger partial charge in [0.05, 0.1) is 0 Å². The second-order valence-corrected chi connectivity index (χ2v) is 7.00. The molecule has 0 saturated carbocycles. The fraction of sp³-hybridized carbons (Fsp3) is 0.111. The van der Waals surface area contributed by atoms with E-state index in [4.69, 9.17) is 5.73 Å². The zero-order valence-electron chi connectivity index (χ0n) is 16.2. The number of anilines is 3. The molecule has 4 rings (SSSR count). The molecule has 3 N–H and O–H groups in total. The number of para-hydroxylation sites is 1. The maximum Gasteiger partial charge on any atom is 0.160 e. The third kappa shape index (κ3) is 12.1. The number of hydrogen-bond acceptors (Lipinski definition) is 2. The van der Waals surface area contributed by atoms with Gasteiger partial charge in [0.25, 0.3) is 0 Å². The summed E-state index contributed by atoms with van der Waals surface area (Å²) in [5, 5.41) is 2.97. The summed E-state index contributed by atoms with van der Waals surface area (Å²) in [6, 6.07) is 26.2. The molecule has 4 aromatic rings. The molecular formula is C27H31BrF4N2. The van der Waals surface area contributed by atoms with E-state index in [1.165, 1.54) is 12.1 Å². The summed E-state index contributed by atoms with van der Waals surface area (Å²) in [5.74, 6) is -3.47. The molecule has 0 aliphatic carbocycles. The van der Waals surface area contributed by atoms with Crippen LogP contribution in [0.3, 0.4) is 0 Å². The first-order valence-electron chi connectivity index (χ1n) is 9.03. The lowest BCUT2D eigenvalue weighted by atomic mass is 10.2. The second-order valence-electron chi connectivity index (χ2n) is 6.09. The van der Waals surface area contributed by atoms with Gasteiger partial charge in [-0.1, -0.05) is 74.6 Å². The minimum atomic E-state index is -0.907. The van der Waals surface area contributed by atoms with E-state index < -0.39 is 23.3 Å². The number of nitrogens with two attached hydrogens (primary N) is 1. The minimum absolute atomic E-state index is 0. The van der Waals surface area contributed by atoms with Crippen molar-refractivity contribution in [1.29, 1.82) is 0 Å². The van der Waals surface area contributed by atoms with E-state index in [-0.39, 0.29) is 28.0 Å². The summed E-state index contributed by atoms with van der Waals surface area (Å²) >= 11 is 3.31. The standard InChI is InChI=1S/C12H9F2N.C6H5Br.C6H5F2N.3CH4/c13-11-7-6-10(8-12(11)14)15-9-4-2-1-3-5-9;7-6-4-2-1-3-5-6;7-5-2-1-4(9)3-6(5)8;;;/h1-8,15H;1-5H;1-3H,9H2;3*1H4. The van der Waals surface area contributed by atoms with Crippen LogP contribution in [-0.2, 0) is 0 Å². The molecule has 0 aliphatic heterocycles. The molecule has 0 amide bonds. The average Bonchev–Trinajstić information content (AvgIpc) is 2.76. The predicted octanol–water partition coefficient (Wildman–Crippen LogP) is 9.61. The third-order valence-electron chi connectivity index (χ3n) is 3.66. The molecule has 0 unspecified atom stereocenters. The first-order chi connectivity index (χ1) is 14.8. The molecular weight excluding hydrogens is 508 g/mol. The van der Waals surface area contributed by atoms with Crippen LogP contribution in [0.15, 0.2) is 102 Å². The summed E-state index contributed by atoms with van der Waals surface area (Å²) in [5.41, 5.74) is 6.72. The predicted molar refractivity (Wildman–Crippen MR) is 141 cm³/mol. The first-order valence-corrected chi connectivity index (χ1v) is 9.82. The molecule has 4 aromatic carbocycles. The molecule has 0 fully saturated rings. The second kappa shape index (κ2) is 17.2. The smallest absolute Gasteiger partial charge is 0.160 e.